The Labute approximate surface area is 116 Å². The van der Waals surface area contributed by atoms with Crippen molar-refractivity contribution in [2.24, 2.45) is 17.3 Å². The van der Waals surface area contributed by atoms with Crippen molar-refractivity contribution < 1.29 is 4.79 Å². The van der Waals surface area contributed by atoms with Crippen LogP contribution in [-0.4, -0.2) is 36.5 Å². The minimum absolute atomic E-state index is 0.385. The second-order valence-corrected chi connectivity index (χ2v) is 7.30. The molecule has 1 amide bonds. The molecule has 3 atom stereocenters. The molecule has 2 heterocycles. The van der Waals surface area contributed by atoms with Crippen LogP contribution in [0.2, 0.25) is 0 Å². The highest BCUT2D eigenvalue weighted by molar-refractivity contribution is 5.83. The first-order valence-corrected chi connectivity index (χ1v) is 8.31. The molecule has 0 radical (unpaired) electrons. The molecule has 2 saturated heterocycles. The number of fused-ring (bicyclic) bond motifs is 1. The van der Waals surface area contributed by atoms with Crippen molar-refractivity contribution in [1.29, 1.82) is 0 Å². The number of nitrogens with zero attached hydrogens (tertiary/aromatic N) is 1. The van der Waals surface area contributed by atoms with E-state index in [2.05, 4.69) is 10.2 Å². The van der Waals surface area contributed by atoms with E-state index < -0.39 is 0 Å². The summed E-state index contributed by atoms with van der Waals surface area (Å²) in [6.45, 7) is 3.30. The van der Waals surface area contributed by atoms with Crippen molar-refractivity contribution in [3.05, 3.63) is 0 Å². The maximum atomic E-state index is 12.8. The first-order valence-electron chi connectivity index (χ1n) is 8.31. The Morgan fingerprint density at radius 3 is 2.74 bits per heavy atom. The van der Waals surface area contributed by atoms with Crippen molar-refractivity contribution in [3.8, 4) is 0 Å². The summed E-state index contributed by atoms with van der Waals surface area (Å²) in [7, 11) is 0. The van der Waals surface area contributed by atoms with Gasteiger partial charge in [0.2, 0.25) is 5.91 Å². The number of hydrogen-bond donors (Lipinski definition) is 1. The van der Waals surface area contributed by atoms with Gasteiger partial charge in [-0.25, -0.2) is 0 Å². The van der Waals surface area contributed by atoms with Crippen LogP contribution in [-0.2, 0) is 4.79 Å². The lowest BCUT2D eigenvalue weighted by Gasteiger charge is -2.33. The van der Waals surface area contributed by atoms with E-state index in [-0.39, 0.29) is 0 Å². The van der Waals surface area contributed by atoms with Crippen LogP contribution in [0.25, 0.3) is 0 Å². The molecular formula is C16H26N2O. The summed E-state index contributed by atoms with van der Waals surface area (Å²) in [5.74, 6) is 1.74. The van der Waals surface area contributed by atoms with Gasteiger partial charge < -0.3 is 10.2 Å². The molecule has 19 heavy (non-hydrogen) atoms. The third-order valence-corrected chi connectivity index (χ3v) is 6.38. The number of hydrogen-bond acceptors (Lipinski definition) is 2. The third kappa shape index (κ3) is 1.93. The largest absolute Gasteiger partial charge is 0.339 e. The summed E-state index contributed by atoms with van der Waals surface area (Å²) >= 11 is 0. The number of amides is 1. The number of piperidine rings is 1. The normalized spacial score (nSPS) is 40.2. The van der Waals surface area contributed by atoms with E-state index in [4.69, 9.17) is 0 Å². The molecule has 4 aliphatic rings. The molecule has 3 nitrogen and oxygen atoms in total. The molecule has 4 fully saturated rings. The van der Waals surface area contributed by atoms with Crippen molar-refractivity contribution in [2.75, 3.05) is 19.6 Å². The molecule has 1 N–H and O–H groups in total. The smallest absolute Gasteiger partial charge is 0.226 e. The molecule has 2 saturated carbocycles. The Morgan fingerprint density at radius 1 is 1.11 bits per heavy atom. The topological polar surface area (TPSA) is 32.3 Å². The number of carbonyl (C=O) groups is 1. The van der Waals surface area contributed by atoms with E-state index in [1.54, 1.807) is 0 Å². The molecule has 2 aliphatic carbocycles. The Bertz CT molecular complexity index is 375. The highest BCUT2D eigenvalue weighted by atomic mass is 16.2. The summed E-state index contributed by atoms with van der Waals surface area (Å²) < 4.78 is 0. The number of rotatable bonds is 1. The molecule has 0 aromatic heterocycles. The summed E-state index contributed by atoms with van der Waals surface area (Å²) in [6, 6.07) is 0.612. The van der Waals surface area contributed by atoms with Crippen LogP contribution in [0.5, 0.6) is 0 Å². The summed E-state index contributed by atoms with van der Waals surface area (Å²) in [4.78, 5) is 15.1. The van der Waals surface area contributed by atoms with E-state index in [1.807, 2.05) is 0 Å². The maximum absolute atomic E-state index is 12.8. The number of nitrogens with one attached hydrogen (secondary N) is 1. The van der Waals surface area contributed by atoms with Crippen LogP contribution in [0.15, 0.2) is 0 Å². The zero-order chi connectivity index (χ0) is 12.9. The van der Waals surface area contributed by atoms with Gasteiger partial charge in [-0.1, -0.05) is 12.8 Å². The standard InChI is InChI=1S/C16H26N2O/c19-15(13-11-16(13)6-8-17-9-7-16)18-10-5-12-3-1-2-4-14(12)18/h12-14,17H,1-11H2. The van der Waals surface area contributed by atoms with Gasteiger partial charge in [0, 0.05) is 18.5 Å². The highest BCUT2D eigenvalue weighted by Gasteiger charge is 2.59. The van der Waals surface area contributed by atoms with E-state index in [9.17, 15) is 4.79 Å². The molecule has 106 valence electrons. The van der Waals surface area contributed by atoms with Crippen LogP contribution >= 0.6 is 0 Å². The average Bonchev–Trinajstić information content (AvgIpc) is 2.97. The van der Waals surface area contributed by atoms with Gasteiger partial charge in [-0.05, 0) is 62.9 Å². The van der Waals surface area contributed by atoms with E-state index in [0.29, 0.717) is 23.3 Å². The second-order valence-electron chi connectivity index (χ2n) is 7.30. The van der Waals surface area contributed by atoms with Crippen molar-refractivity contribution >= 4 is 5.91 Å². The predicted octanol–water partition coefficient (Wildman–Crippen LogP) is 2.17. The maximum Gasteiger partial charge on any atom is 0.226 e. The summed E-state index contributed by atoms with van der Waals surface area (Å²) in [6.07, 6.45) is 10.3. The van der Waals surface area contributed by atoms with Gasteiger partial charge in [-0.2, -0.15) is 0 Å². The lowest BCUT2D eigenvalue weighted by Crippen LogP contribution is -2.41. The molecule has 1 spiro atoms. The van der Waals surface area contributed by atoms with Crippen molar-refractivity contribution in [2.45, 2.75) is 57.4 Å². The second kappa shape index (κ2) is 4.47. The van der Waals surface area contributed by atoms with E-state index >= 15 is 0 Å². The lowest BCUT2D eigenvalue weighted by molar-refractivity contribution is -0.135. The van der Waals surface area contributed by atoms with Crippen molar-refractivity contribution in [3.63, 3.8) is 0 Å². The minimum Gasteiger partial charge on any atom is -0.339 e. The molecule has 2 aliphatic heterocycles. The van der Waals surface area contributed by atoms with Gasteiger partial charge in [-0.15, -0.1) is 0 Å². The van der Waals surface area contributed by atoms with Gasteiger partial charge in [-0.3, -0.25) is 4.79 Å². The summed E-state index contributed by atoms with van der Waals surface area (Å²) in [5, 5.41) is 3.43. The van der Waals surface area contributed by atoms with Crippen LogP contribution in [0, 0.1) is 17.3 Å². The Balaban J connectivity index is 1.44. The quantitative estimate of drug-likeness (QED) is 0.785. The number of carbonyl (C=O) groups excluding carboxylic acids is 1. The lowest BCUT2D eigenvalue weighted by atomic mass is 9.85. The molecule has 0 aromatic rings. The third-order valence-electron chi connectivity index (χ3n) is 6.38. The minimum atomic E-state index is 0.385. The monoisotopic (exact) mass is 262 g/mol. The fourth-order valence-corrected chi connectivity index (χ4v) is 5.05. The van der Waals surface area contributed by atoms with Crippen molar-refractivity contribution in [1.82, 2.24) is 10.2 Å². The van der Waals surface area contributed by atoms with Crippen LogP contribution < -0.4 is 5.32 Å². The zero-order valence-electron chi connectivity index (χ0n) is 11.9. The SMILES string of the molecule is O=C(C1CC12CCNCC2)N1CCC2CCCCC21. The summed E-state index contributed by atoms with van der Waals surface area (Å²) in [5.41, 5.74) is 0.412. The van der Waals surface area contributed by atoms with Gasteiger partial charge >= 0.3 is 0 Å². The fourth-order valence-electron chi connectivity index (χ4n) is 5.05. The average molecular weight is 262 g/mol. The molecular weight excluding hydrogens is 236 g/mol. The van der Waals surface area contributed by atoms with Gasteiger partial charge in [0.25, 0.3) is 0 Å². The molecule has 3 heteroatoms. The molecule has 0 bridgehead atoms. The van der Waals surface area contributed by atoms with Gasteiger partial charge in [0.05, 0.1) is 0 Å². The van der Waals surface area contributed by atoms with E-state index in [1.165, 1.54) is 51.4 Å². The van der Waals surface area contributed by atoms with Crippen LogP contribution in [0.4, 0.5) is 0 Å². The Hall–Kier alpha value is -0.570. The Kier molecular flexibility index (Phi) is 2.87. The molecule has 0 aromatic carbocycles. The zero-order valence-corrected chi connectivity index (χ0v) is 11.9. The fraction of sp³-hybridized carbons (Fsp3) is 0.938. The van der Waals surface area contributed by atoms with E-state index in [0.717, 1.165) is 25.6 Å². The molecule has 3 unspecified atom stereocenters. The first kappa shape index (κ1) is 12.2. The Morgan fingerprint density at radius 2 is 1.89 bits per heavy atom. The van der Waals surface area contributed by atoms with Gasteiger partial charge in [0.15, 0.2) is 0 Å². The first-order chi connectivity index (χ1) is 9.30. The number of likely N-dealkylation sites (tertiary alicyclic amines) is 1. The predicted molar refractivity (Wildman–Crippen MR) is 74.7 cm³/mol. The van der Waals surface area contributed by atoms with Gasteiger partial charge in [0.1, 0.15) is 0 Å². The highest BCUT2D eigenvalue weighted by Crippen LogP contribution is 2.59. The van der Waals surface area contributed by atoms with Crippen LogP contribution in [0.1, 0.15) is 51.4 Å². The van der Waals surface area contributed by atoms with Crippen LogP contribution in [0.3, 0.4) is 0 Å². The molecule has 4 rings (SSSR count).